The summed E-state index contributed by atoms with van der Waals surface area (Å²) in [4.78, 5) is 2.48. The van der Waals surface area contributed by atoms with Gasteiger partial charge in [-0.15, -0.1) is 0 Å². The van der Waals surface area contributed by atoms with E-state index in [0.717, 1.165) is 38.8 Å². The molecule has 1 saturated carbocycles. The van der Waals surface area contributed by atoms with Gasteiger partial charge in [0, 0.05) is 26.7 Å². The highest BCUT2D eigenvalue weighted by molar-refractivity contribution is 5.04. The topological polar surface area (TPSA) is 47.7 Å². The summed E-state index contributed by atoms with van der Waals surface area (Å²) in [7, 11) is 1.77. The zero-order chi connectivity index (χ0) is 10.7. The van der Waals surface area contributed by atoms with Crippen LogP contribution in [0.2, 0.25) is 0 Å². The van der Waals surface area contributed by atoms with Crippen LogP contribution in [0.3, 0.4) is 0 Å². The molecule has 4 nitrogen and oxygen atoms in total. The van der Waals surface area contributed by atoms with Crippen LogP contribution in [0.1, 0.15) is 12.8 Å². The van der Waals surface area contributed by atoms with E-state index in [4.69, 9.17) is 15.2 Å². The summed E-state index contributed by atoms with van der Waals surface area (Å²) < 4.78 is 10.8. The highest BCUT2D eigenvalue weighted by Gasteiger charge is 2.48. The quantitative estimate of drug-likeness (QED) is 0.703. The standard InChI is InChI=1S/C11H22N2O2/c1-14-9-11(8-12,10-2-3-10)13-4-6-15-7-5-13/h10H,2-9,12H2,1H3. The van der Waals surface area contributed by atoms with Crippen LogP contribution >= 0.6 is 0 Å². The lowest BCUT2D eigenvalue weighted by Gasteiger charge is -2.45. The van der Waals surface area contributed by atoms with Crippen LogP contribution in [0, 0.1) is 5.92 Å². The largest absolute Gasteiger partial charge is 0.383 e. The molecule has 4 heteroatoms. The van der Waals surface area contributed by atoms with Crippen molar-refractivity contribution in [1.29, 1.82) is 0 Å². The smallest absolute Gasteiger partial charge is 0.0661 e. The number of nitrogens with two attached hydrogens (primary N) is 1. The zero-order valence-corrected chi connectivity index (χ0v) is 9.58. The van der Waals surface area contributed by atoms with E-state index < -0.39 is 0 Å². The van der Waals surface area contributed by atoms with E-state index in [0.29, 0.717) is 6.54 Å². The van der Waals surface area contributed by atoms with Crippen molar-refractivity contribution in [2.45, 2.75) is 18.4 Å². The molecule has 2 rings (SSSR count). The van der Waals surface area contributed by atoms with Gasteiger partial charge in [-0.05, 0) is 18.8 Å². The van der Waals surface area contributed by atoms with Gasteiger partial charge in [0.2, 0.25) is 0 Å². The number of hydrogen-bond donors (Lipinski definition) is 1. The molecule has 88 valence electrons. The first-order chi connectivity index (χ1) is 7.33. The Bertz CT molecular complexity index is 203. The Hall–Kier alpha value is -0.160. The molecule has 2 N–H and O–H groups in total. The van der Waals surface area contributed by atoms with Crippen molar-refractivity contribution in [2.24, 2.45) is 11.7 Å². The van der Waals surface area contributed by atoms with E-state index in [9.17, 15) is 0 Å². The first kappa shape index (κ1) is 11.3. The Morgan fingerprint density at radius 2 is 2.07 bits per heavy atom. The van der Waals surface area contributed by atoms with Crippen molar-refractivity contribution in [1.82, 2.24) is 4.90 Å². The first-order valence-electron chi connectivity index (χ1n) is 5.85. The molecule has 2 fully saturated rings. The fourth-order valence-corrected chi connectivity index (χ4v) is 2.70. The Morgan fingerprint density at radius 3 is 2.53 bits per heavy atom. The molecule has 0 aromatic heterocycles. The van der Waals surface area contributed by atoms with Crippen molar-refractivity contribution in [3.63, 3.8) is 0 Å². The van der Waals surface area contributed by atoms with Crippen molar-refractivity contribution < 1.29 is 9.47 Å². The average Bonchev–Trinajstić information content (AvgIpc) is 3.11. The third-order valence-corrected chi connectivity index (χ3v) is 3.73. The number of nitrogens with zero attached hydrogens (tertiary/aromatic N) is 1. The second-order valence-electron chi connectivity index (χ2n) is 4.61. The minimum atomic E-state index is 0.0819. The summed E-state index contributed by atoms with van der Waals surface area (Å²) in [6, 6.07) is 0. The molecule has 0 aromatic rings. The molecule has 1 unspecified atom stereocenters. The maximum absolute atomic E-state index is 6.00. The fraction of sp³-hybridized carbons (Fsp3) is 1.00. The van der Waals surface area contributed by atoms with Gasteiger partial charge in [-0.3, -0.25) is 4.90 Å². The van der Waals surface area contributed by atoms with Crippen LogP contribution < -0.4 is 5.73 Å². The van der Waals surface area contributed by atoms with Crippen LogP contribution in [0.5, 0.6) is 0 Å². The van der Waals surface area contributed by atoms with Gasteiger partial charge in [0.1, 0.15) is 0 Å². The number of ether oxygens (including phenoxy) is 2. The number of rotatable bonds is 5. The Labute approximate surface area is 91.7 Å². The number of morpholine rings is 1. The molecule has 1 heterocycles. The van der Waals surface area contributed by atoms with Gasteiger partial charge in [0.05, 0.1) is 25.4 Å². The van der Waals surface area contributed by atoms with Crippen LogP contribution in [-0.4, -0.2) is 57.0 Å². The third-order valence-electron chi connectivity index (χ3n) is 3.73. The highest BCUT2D eigenvalue weighted by Crippen LogP contribution is 2.43. The van der Waals surface area contributed by atoms with Crippen LogP contribution in [0.25, 0.3) is 0 Å². The van der Waals surface area contributed by atoms with Crippen molar-refractivity contribution in [2.75, 3.05) is 46.6 Å². The van der Waals surface area contributed by atoms with Gasteiger partial charge in [0.25, 0.3) is 0 Å². The maximum atomic E-state index is 6.00. The summed E-state index contributed by atoms with van der Waals surface area (Å²) in [6.45, 7) is 5.12. The molecular formula is C11H22N2O2. The monoisotopic (exact) mass is 214 g/mol. The van der Waals surface area contributed by atoms with Crippen LogP contribution in [-0.2, 0) is 9.47 Å². The van der Waals surface area contributed by atoms with E-state index in [1.807, 2.05) is 0 Å². The molecule has 2 aliphatic rings. The van der Waals surface area contributed by atoms with E-state index >= 15 is 0 Å². The van der Waals surface area contributed by atoms with E-state index in [1.165, 1.54) is 12.8 Å². The highest BCUT2D eigenvalue weighted by atomic mass is 16.5. The SMILES string of the molecule is COCC(CN)(C1CC1)N1CCOCC1. The normalized spacial score (nSPS) is 27.6. The van der Waals surface area contributed by atoms with Gasteiger partial charge in [-0.1, -0.05) is 0 Å². The fourth-order valence-electron chi connectivity index (χ4n) is 2.70. The third kappa shape index (κ3) is 2.18. The molecule has 0 radical (unpaired) electrons. The van der Waals surface area contributed by atoms with Gasteiger partial charge in [-0.2, -0.15) is 0 Å². The van der Waals surface area contributed by atoms with Crippen LogP contribution in [0.4, 0.5) is 0 Å². The summed E-state index contributed by atoms with van der Waals surface area (Å²) >= 11 is 0. The molecule has 0 bridgehead atoms. The number of hydrogen-bond acceptors (Lipinski definition) is 4. The lowest BCUT2D eigenvalue weighted by Crippen LogP contribution is -2.61. The Balaban J connectivity index is 2.07. The molecule has 0 aromatic carbocycles. The van der Waals surface area contributed by atoms with Gasteiger partial charge >= 0.3 is 0 Å². The molecule has 1 aliphatic heterocycles. The molecule has 15 heavy (non-hydrogen) atoms. The second-order valence-corrected chi connectivity index (χ2v) is 4.61. The van der Waals surface area contributed by atoms with Gasteiger partial charge < -0.3 is 15.2 Å². The minimum Gasteiger partial charge on any atom is -0.383 e. The minimum absolute atomic E-state index is 0.0819. The Kier molecular flexibility index (Phi) is 3.61. The lowest BCUT2D eigenvalue weighted by atomic mass is 9.91. The molecular weight excluding hydrogens is 192 g/mol. The van der Waals surface area contributed by atoms with Crippen molar-refractivity contribution in [3.05, 3.63) is 0 Å². The first-order valence-corrected chi connectivity index (χ1v) is 5.85. The Morgan fingerprint density at radius 1 is 1.40 bits per heavy atom. The van der Waals surface area contributed by atoms with E-state index in [-0.39, 0.29) is 5.54 Å². The average molecular weight is 214 g/mol. The predicted octanol–water partition coefficient (Wildman–Crippen LogP) is 0.0725. The van der Waals surface area contributed by atoms with Crippen LogP contribution in [0.15, 0.2) is 0 Å². The lowest BCUT2D eigenvalue weighted by molar-refractivity contribution is -0.0580. The number of methoxy groups -OCH3 is 1. The molecule has 1 aliphatic carbocycles. The molecule has 0 spiro atoms. The second kappa shape index (κ2) is 4.78. The van der Waals surface area contributed by atoms with Gasteiger partial charge in [0.15, 0.2) is 0 Å². The molecule has 1 saturated heterocycles. The molecule has 0 amide bonds. The van der Waals surface area contributed by atoms with Gasteiger partial charge in [-0.25, -0.2) is 0 Å². The summed E-state index contributed by atoms with van der Waals surface area (Å²) in [5.74, 6) is 0.737. The van der Waals surface area contributed by atoms with E-state index in [2.05, 4.69) is 4.90 Å². The summed E-state index contributed by atoms with van der Waals surface area (Å²) in [6.07, 6.45) is 2.61. The predicted molar refractivity (Wildman–Crippen MR) is 58.8 cm³/mol. The van der Waals surface area contributed by atoms with Crippen molar-refractivity contribution in [3.8, 4) is 0 Å². The maximum Gasteiger partial charge on any atom is 0.0661 e. The zero-order valence-electron chi connectivity index (χ0n) is 9.58. The summed E-state index contributed by atoms with van der Waals surface area (Å²) in [5, 5.41) is 0. The molecule has 1 atom stereocenters. The van der Waals surface area contributed by atoms with Crippen molar-refractivity contribution >= 4 is 0 Å². The summed E-state index contributed by atoms with van der Waals surface area (Å²) in [5.41, 5.74) is 6.08. The van der Waals surface area contributed by atoms with E-state index in [1.54, 1.807) is 7.11 Å².